The number of hydrogen-bond acceptors (Lipinski definition) is 4. The molecule has 3 aromatic rings. The van der Waals surface area contributed by atoms with E-state index in [1.54, 1.807) is 6.07 Å². The van der Waals surface area contributed by atoms with Crippen LogP contribution in [0, 0.1) is 5.92 Å². The van der Waals surface area contributed by atoms with Gasteiger partial charge >= 0.3 is 0 Å². The van der Waals surface area contributed by atoms with Crippen molar-refractivity contribution >= 4 is 16.7 Å². The predicted octanol–water partition coefficient (Wildman–Crippen LogP) is 4.24. The van der Waals surface area contributed by atoms with Gasteiger partial charge in [0.15, 0.2) is 5.82 Å². The molecule has 2 heterocycles. The Labute approximate surface area is 141 Å². The van der Waals surface area contributed by atoms with Crippen LogP contribution in [0.2, 0.25) is 0 Å². The molecule has 0 bridgehead atoms. The molecule has 0 radical (unpaired) electrons. The highest BCUT2D eigenvalue weighted by Crippen LogP contribution is 2.32. The summed E-state index contributed by atoms with van der Waals surface area (Å²) in [5.41, 5.74) is 1.59. The van der Waals surface area contributed by atoms with E-state index in [0.29, 0.717) is 11.4 Å². The number of rotatable bonds is 2. The Kier molecular flexibility index (Phi) is 3.81. The minimum absolute atomic E-state index is 0.214. The molecule has 2 aromatic carbocycles. The lowest BCUT2D eigenvalue weighted by molar-refractivity contribution is 0.437. The molecule has 0 unspecified atom stereocenters. The van der Waals surface area contributed by atoms with Crippen LogP contribution >= 0.6 is 0 Å². The zero-order chi connectivity index (χ0) is 16.5. The summed E-state index contributed by atoms with van der Waals surface area (Å²) in [7, 11) is 0. The molecule has 1 fully saturated rings. The van der Waals surface area contributed by atoms with Crippen LogP contribution in [-0.2, 0) is 0 Å². The molecular formula is C20H21N3O. The fraction of sp³-hybridized carbons (Fsp3) is 0.300. The van der Waals surface area contributed by atoms with Crippen LogP contribution in [0.1, 0.15) is 19.8 Å². The molecule has 4 rings (SSSR count). The van der Waals surface area contributed by atoms with Gasteiger partial charge in [-0.05, 0) is 43.0 Å². The summed E-state index contributed by atoms with van der Waals surface area (Å²) in [6.07, 6.45) is 2.37. The maximum absolute atomic E-state index is 10.2. The van der Waals surface area contributed by atoms with Crippen molar-refractivity contribution in [2.24, 2.45) is 5.92 Å². The number of aromatic nitrogens is 2. The third-order valence-corrected chi connectivity index (χ3v) is 4.81. The van der Waals surface area contributed by atoms with E-state index in [-0.39, 0.29) is 5.75 Å². The zero-order valence-corrected chi connectivity index (χ0v) is 13.8. The minimum Gasteiger partial charge on any atom is -0.507 e. The van der Waals surface area contributed by atoms with E-state index in [1.165, 1.54) is 12.8 Å². The average molecular weight is 319 g/mol. The van der Waals surface area contributed by atoms with Gasteiger partial charge in [0.1, 0.15) is 11.6 Å². The predicted molar refractivity (Wildman–Crippen MR) is 97.2 cm³/mol. The van der Waals surface area contributed by atoms with Gasteiger partial charge in [-0.25, -0.2) is 9.97 Å². The van der Waals surface area contributed by atoms with Gasteiger partial charge < -0.3 is 10.0 Å². The molecule has 0 aliphatic carbocycles. The molecular weight excluding hydrogens is 298 g/mol. The van der Waals surface area contributed by atoms with Gasteiger partial charge in [0.05, 0.1) is 11.1 Å². The van der Waals surface area contributed by atoms with E-state index in [2.05, 4.69) is 22.9 Å². The summed E-state index contributed by atoms with van der Waals surface area (Å²) < 4.78 is 0. The second kappa shape index (κ2) is 6.11. The molecule has 1 saturated heterocycles. The first-order chi connectivity index (χ1) is 11.7. The third kappa shape index (κ3) is 2.68. The SMILES string of the molecule is CC1CCN(c2nc(-c3ccccc3O)nc3ccccc23)CC1. The van der Waals surface area contributed by atoms with E-state index >= 15 is 0 Å². The summed E-state index contributed by atoms with van der Waals surface area (Å²) in [5.74, 6) is 2.55. The quantitative estimate of drug-likeness (QED) is 0.767. The Balaban J connectivity index is 1.87. The summed E-state index contributed by atoms with van der Waals surface area (Å²) in [6.45, 7) is 4.34. The van der Waals surface area contributed by atoms with Crippen LogP contribution in [0.3, 0.4) is 0 Å². The normalized spacial score (nSPS) is 15.8. The maximum atomic E-state index is 10.2. The van der Waals surface area contributed by atoms with Crippen molar-refractivity contribution in [1.29, 1.82) is 0 Å². The van der Waals surface area contributed by atoms with Crippen molar-refractivity contribution in [3.05, 3.63) is 48.5 Å². The molecule has 122 valence electrons. The average Bonchev–Trinajstić information content (AvgIpc) is 2.62. The Bertz CT molecular complexity index is 870. The molecule has 1 aromatic heterocycles. The summed E-state index contributed by atoms with van der Waals surface area (Å²) in [4.78, 5) is 11.9. The van der Waals surface area contributed by atoms with Gasteiger partial charge in [-0.2, -0.15) is 0 Å². The monoisotopic (exact) mass is 319 g/mol. The van der Waals surface area contributed by atoms with Crippen molar-refractivity contribution in [3.63, 3.8) is 0 Å². The Morgan fingerprint density at radius 2 is 1.67 bits per heavy atom. The number of hydrogen-bond donors (Lipinski definition) is 1. The minimum atomic E-state index is 0.214. The van der Waals surface area contributed by atoms with Crippen LogP contribution in [0.4, 0.5) is 5.82 Å². The number of benzene rings is 2. The lowest BCUT2D eigenvalue weighted by atomic mass is 9.99. The summed E-state index contributed by atoms with van der Waals surface area (Å²) in [5, 5.41) is 11.3. The summed E-state index contributed by atoms with van der Waals surface area (Å²) in [6, 6.07) is 15.4. The lowest BCUT2D eigenvalue weighted by Crippen LogP contribution is -2.33. The molecule has 1 aliphatic rings. The van der Waals surface area contributed by atoms with Crippen LogP contribution in [0.5, 0.6) is 5.75 Å². The second-order valence-corrected chi connectivity index (χ2v) is 6.57. The van der Waals surface area contributed by atoms with Crippen LogP contribution in [0.15, 0.2) is 48.5 Å². The molecule has 24 heavy (non-hydrogen) atoms. The molecule has 4 nitrogen and oxygen atoms in total. The number of piperidine rings is 1. The van der Waals surface area contributed by atoms with Crippen molar-refractivity contribution in [2.75, 3.05) is 18.0 Å². The summed E-state index contributed by atoms with van der Waals surface area (Å²) >= 11 is 0. The third-order valence-electron chi connectivity index (χ3n) is 4.81. The highest BCUT2D eigenvalue weighted by Gasteiger charge is 2.20. The van der Waals surface area contributed by atoms with Gasteiger partial charge in [-0.1, -0.05) is 31.2 Å². The van der Waals surface area contributed by atoms with Crippen molar-refractivity contribution in [2.45, 2.75) is 19.8 Å². The van der Waals surface area contributed by atoms with Gasteiger partial charge in [0, 0.05) is 18.5 Å². The van der Waals surface area contributed by atoms with Crippen LogP contribution < -0.4 is 4.90 Å². The van der Waals surface area contributed by atoms with Crippen LogP contribution in [-0.4, -0.2) is 28.2 Å². The number of phenols is 1. The zero-order valence-electron chi connectivity index (χ0n) is 13.8. The molecule has 0 atom stereocenters. The van der Waals surface area contributed by atoms with Crippen molar-refractivity contribution in [3.8, 4) is 17.1 Å². The highest BCUT2D eigenvalue weighted by molar-refractivity contribution is 5.91. The number of aromatic hydroxyl groups is 1. The van der Waals surface area contributed by atoms with E-state index in [4.69, 9.17) is 4.98 Å². The molecule has 4 heteroatoms. The smallest absolute Gasteiger partial charge is 0.165 e. The van der Waals surface area contributed by atoms with Gasteiger partial charge in [-0.3, -0.25) is 0 Å². The molecule has 0 saturated carbocycles. The largest absolute Gasteiger partial charge is 0.507 e. The number of fused-ring (bicyclic) bond motifs is 1. The standard InChI is InChI=1S/C20H21N3O/c1-14-10-12-23(13-11-14)20-15-6-2-4-8-17(15)21-19(22-20)16-7-3-5-9-18(16)24/h2-9,14,24H,10-13H2,1H3. The first-order valence-corrected chi connectivity index (χ1v) is 8.52. The second-order valence-electron chi connectivity index (χ2n) is 6.57. The van der Waals surface area contributed by atoms with Crippen molar-refractivity contribution in [1.82, 2.24) is 9.97 Å². The molecule has 1 aliphatic heterocycles. The topological polar surface area (TPSA) is 49.2 Å². The van der Waals surface area contributed by atoms with Gasteiger partial charge in [0.2, 0.25) is 0 Å². The first kappa shape index (κ1) is 14.9. The van der Waals surface area contributed by atoms with Gasteiger partial charge in [-0.15, -0.1) is 0 Å². The maximum Gasteiger partial charge on any atom is 0.165 e. The van der Waals surface area contributed by atoms with E-state index in [9.17, 15) is 5.11 Å². The van der Waals surface area contributed by atoms with E-state index in [1.807, 2.05) is 36.4 Å². The number of para-hydroxylation sites is 2. The molecule has 1 N–H and O–H groups in total. The number of nitrogens with zero attached hydrogens (tertiary/aromatic N) is 3. The molecule has 0 spiro atoms. The fourth-order valence-corrected chi connectivity index (χ4v) is 3.30. The highest BCUT2D eigenvalue weighted by atomic mass is 16.3. The fourth-order valence-electron chi connectivity index (χ4n) is 3.30. The van der Waals surface area contributed by atoms with Crippen LogP contribution in [0.25, 0.3) is 22.3 Å². The Morgan fingerprint density at radius 1 is 0.958 bits per heavy atom. The van der Waals surface area contributed by atoms with E-state index in [0.717, 1.165) is 35.7 Å². The number of anilines is 1. The first-order valence-electron chi connectivity index (χ1n) is 8.52. The number of phenolic OH excluding ortho intramolecular Hbond substituents is 1. The van der Waals surface area contributed by atoms with Crippen molar-refractivity contribution < 1.29 is 5.11 Å². The van der Waals surface area contributed by atoms with Gasteiger partial charge in [0.25, 0.3) is 0 Å². The van der Waals surface area contributed by atoms with E-state index < -0.39 is 0 Å². The Hall–Kier alpha value is -2.62. The Morgan fingerprint density at radius 3 is 2.46 bits per heavy atom. The molecule has 0 amide bonds. The lowest BCUT2D eigenvalue weighted by Gasteiger charge is -2.32.